The Morgan fingerprint density at radius 2 is 1.93 bits per heavy atom. The Morgan fingerprint density at radius 1 is 1.14 bits per heavy atom. The molecule has 5 rings (SSSR count). The zero-order valence-corrected chi connectivity index (χ0v) is 16.4. The highest BCUT2D eigenvalue weighted by molar-refractivity contribution is 6.06. The maximum Gasteiger partial charge on any atom is 0.270 e. The van der Waals surface area contributed by atoms with Crippen LogP contribution in [0.3, 0.4) is 0 Å². The number of non-ortho nitro benzene ring substituents is 1. The Balaban J connectivity index is 1.61. The molecule has 8 nitrogen and oxygen atoms in total. The van der Waals surface area contributed by atoms with Crippen LogP contribution in [0.4, 0.5) is 11.6 Å². The number of aromatic nitrogens is 3. The highest BCUT2D eigenvalue weighted by Gasteiger charge is 2.54. The molecule has 0 N–H and O–H groups in total. The number of carbonyl (C=O) groups excluding carboxylic acids is 1. The summed E-state index contributed by atoms with van der Waals surface area (Å²) in [4.78, 5) is 30.6. The van der Waals surface area contributed by atoms with E-state index in [1.54, 1.807) is 23.4 Å². The molecule has 0 radical (unpaired) electrons. The number of benzene rings is 1. The summed E-state index contributed by atoms with van der Waals surface area (Å²) < 4.78 is 2.02. The number of hydrogen-bond acceptors (Lipinski definition) is 5. The molecule has 1 spiro atoms. The van der Waals surface area contributed by atoms with Gasteiger partial charge in [0.2, 0.25) is 5.95 Å². The van der Waals surface area contributed by atoms with Gasteiger partial charge in [-0.05, 0) is 31.7 Å². The zero-order chi connectivity index (χ0) is 20.0. The summed E-state index contributed by atoms with van der Waals surface area (Å²) >= 11 is 0. The molecule has 152 valence electrons. The predicted octanol–water partition coefficient (Wildman–Crippen LogP) is 4.06. The summed E-state index contributed by atoms with van der Waals surface area (Å²) in [6.07, 6.45) is 11.6. The molecule has 2 atom stereocenters. The Morgan fingerprint density at radius 3 is 2.72 bits per heavy atom. The molecule has 0 unspecified atom stereocenters. The van der Waals surface area contributed by atoms with Crippen LogP contribution in [0.15, 0.2) is 30.6 Å². The van der Waals surface area contributed by atoms with E-state index >= 15 is 0 Å². The molecule has 1 aromatic heterocycles. The maximum absolute atomic E-state index is 13.6. The van der Waals surface area contributed by atoms with Crippen molar-refractivity contribution in [2.75, 3.05) is 4.90 Å². The number of carbonyl (C=O) groups is 1. The normalized spacial score (nSPS) is 25.3. The molecule has 3 aliphatic rings. The van der Waals surface area contributed by atoms with E-state index in [9.17, 15) is 14.9 Å². The van der Waals surface area contributed by atoms with Crippen molar-refractivity contribution in [2.45, 2.75) is 69.4 Å². The lowest BCUT2D eigenvalue weighted by atomic mass is 9.64. The van der Waals surface area contributed by atoms with Gasteiger partial charge >= 0.3 is 0 Å². The third kappa shape index (κ3) is 2.76. The fraction of sp³-hybridized carbons (Fsp3) is 0.571. The van der Waals surface area contributed by atoms with Gasteiger partial charge in [0.15, 0.2) is 0 Å². The van der Waals surface area contributed by atoms with E-state index in [0.29, 0.717) is 17.4 Å². The van der Waals surface area contributed by atoms with Gasteiger partial charge in [0.05, 0.1) is 10.5 Å². The molecule has 2 saturated carbocycles. The summed E-state index contributed by atoms with van der Waals surface area (Å²) in [5, 5.41) is 15.8. The van der Waals surface area contributed by atoms with Gasteiger partial charge in [-0.15, -0.1) is 0 Å². The third-order valence-corrected chi connectivity index (χ3v) is 7.16. The molecule has 2 aliphatic carbocycles. The van der Waals surface area contributed by atoms with E-state index in [2.05, 4.69) is 10.1 Å². The fourth-order valence-corrected chi connectivity index (χ4v) is 5.95. The molecule has 2 heterocycles. The van der Waals surface area contributed by atoms with Gasteiger partial charge in [0.1, 0.15) is 6.33 Å². The lowest BCUT2D eigenvalue weighted by Gasteiger charge is -2.55. The van der Waals surface area contributed by atoms with Gasteiger partial charge in [-0.3, -0.25) is 19.8 Å². The lowest BCUT2D eigenvalue weighted by Crippen LogP contribution is -2.61. The first kappa shape index (κ1) is 18.3. The van der Waals surface area contributed by atoms with Gasteiger partial charge in [-0.25, -0.2) is 4.68 Å². The van der Waals surface area contributed by atoms with Gasteiger partial charge in [0, 0.05) is 29.7 Å². The average Bonchev–Trinajstić information content (AvgIpc) is 3.25. The first-order valence-corrected chi connectivity index (χ1v) is 10.6. The van der Waals surface area contributed by atoms with Crippen molar-refractivity contribution in [3.05, 3.63) is 46.3 Å². The molecule has 8 heteroatoms. The van der Waals surface area contributed by atoms with Crippen LogP contribution in [0.2, 0.25) is 0 Å². The van der Waals surface area contributed by atoms with Crippen LogP contribution in [0, 0.1) is 16.0 Å². The Bertz CT molecular complexity index is 949. The van der Waals surface area contributed by atoms with Crippen molar-refractivity contribution < 1.29 is 9.72 Å². The van der Waals surface area contributed by atoms with Crippen molar-refractivity contribution in [1.82, 2.24) is 14.8 Å². The van der Waals surface area contributed by atoms with Crippen LogP contribution in [0.5, 0.6) is 0 Å². The van der Waals surface area contributed by atoms with E-state index in [0.717, 1.165) is 32.1 Å². The molecule has 0 bridgehead atoms. The number of amides is 1. The van der Waals surface area contributed by atoms with Gasteiger partial charge < -0.3 is 0 Å². The topological polar surface area (TPSA) is 94.2 Å². The van der Waals surface area contributed by atoms with E-state index in [-0.39, 0.29) is 23.2 Å². The van der Waals surface area contributed by atoms with E-state index in [1.807, 2.05) is 4.68 Å². The largest absolute Gasteiger partial charge is 0.273 e. The first-order valence-electron chi connectivity index (χ1n) is 10.6. The van der Waals surface area contributed by atoms with Crippen molar-refractivity contribution in [2.24, 2.45) is 5.92 Å². The van der Waals surface area contributed by atoms with Crippen molar-refractivity contribution in [3.63, 3.8) is 0 Å². The second kappa shape index (κ2) is 6.93. The van der Waals surface area contributed by atoms with E-state index in [1.165, 1.54) is 37.8 Å². The average molecular weight is 395 g/mol. The number of rotatable bonds is 2. The van der Waals surface area contributed by atoms with Gasteiger partial charge in [-0.2, -0.15) is 10.1 Å². The number of fused-ring (bicyclic) bond motifs is 4. The molecular formula is C21H25N5O3. The zero-order valence-electron chi connectivity index (χ0n) is 16.4. The number of nitrogens with zero attached hydrogens (tertiary/aromatic N) is 5. The first-order chi connectivity index (χ1) is 14.1. The minimum absolute atomic E-state index is 0.0470. The summed E-state index contributed by atoms with van der Waals surface area (Å²) in [6, 6.07) is 6.08. The Kier molecular flexibility index (Phi) is 4.37. The highest BCUT2D eigenvalue weighted by atomic mass is 16.6. The number of nitro groups is 1. The summed E-state index contributed by atoms with van der Waals surface area (Å²) in [6.45, 7) is 0. The number of anilines is 1. The van der Waals surface area contributed by atoms with Gasteiger partial charge in [0.25, 0.3) is 11.6 Å². The summed E-state index contributed by atoms with van der Waals surface area (Å²) in [5.41, 5.74) is 0.213. The van der Waals surface area contributed by atoms with E-state index < -0.39 is 4.92 Å². The van der Waals surface area contributed by atoms with E-state index in [4.69, 9.17) is 0 Å². The molecule has 2 aromatic rings. The quantitative estimate of drug-likeness (QED) is 0.564. The molecule has 2 fully saturated rings. The second-order valence-electron chi connectivity index (χ2n) is 8.58. The SMILES string of the molecule is O=C(c1cccc([N+](=O)[O-])c1)N1c2ncnn2C2(CCCCC2)[C@@H]2CCCC[C@@H]21. The Labute approximate surface area is 169 Å². The smallest absolute Gasteiger partial charge is 0.270 e. The van der Waals surface area contributed by atoms with Crippen LogP contribution >= 0.6 is 0 Å². The number of nitro benzene ring substituents is 1. The van der Waals surface area contributed by atoms with Crippen LogP contribution in [-0.2, 0) is 5.54 Å². The molecule has 1 aliphatic heterocycles. The Hall–Kier alpha value is -2.77. The molecule has 0 saturated heterocycles. The summed E-state index contributed by atoms with van der Waals surface area (Å²) in [5.74, 6) is 0.741. The van der Waals surface area contributed by atoms with Crippen LogP contribution in [0.1, 0.15) is 68.1 Å². The third-order valence-electron chi connectivity index (χ3n) is 7.16. The minimum Gasteiger partial charge on any atom is -0.273 e. The number of hydrogen-bond donors (Lipinski definition) is 0. The molecular weight excluding hydrogens is 370 g/mol. The van der Waals surface area contributed by atoms with Crippen LogP contribution in [-0.4, -0.2) is 31.6 Å². The maximum atomic E-state index is 13.6. The highest BCUT2D eigenvalue weighted by Crippen LogP contribution is 2.52. The fourth-order valence-electron chi connectivity index (χ4n) is 5.95. The van der Waals surface area contributed by atoms with Crippen LogP contribution < -0.4 is 4.90 Å². The monoisotopic (exact) mass is 395 g/mol. The summed E-state index contributed by atoms with van der Waals surface area (Å²) in [7, 11) is 0. The van der Waals surface area contributed by atoms with Crippen molar-refractivity contribution in [3.8, 4) is 0 Å². The van der Waals surface area contributed by atoms with Crippen molar-refractivity contribution in [1.29, 1.82) is 0 Å². The predicted molar refractivity (Wildman–Crippen MR) is 107 cm³/mol. The lowest BCUT2D eigenvalue weighted by molar-refractivity contribution is -0.384. The standard InChI is InChI=1S/C21H25N5O3/c27-19(15-7-6-8-16(13-15)26(28)29)24-18-10-3-2-9-17(18)21(11-4-1-5-12-21)25-20(24)22-14-23-25/h6-8,13-14,17-18H,1-5,9-12H2/t17-,18+/m1/s1. The van der Waals surface area contributed by atoms with Crippen molar-refractivity contribution >= 4 is 17.5 Å². The molecule has 1 aromatic carbocycles. The van der Waals surface area contributed by atoms with Crippen LogP contribution in [0.25, 0.3) is 0 Å². The minimum atomic E-state index is -0.462. The van der Waals surface area contributed by atoms with Gasteiger partial charge in [-0.1, -0.05) is 38.2 Å². The molecule has 29 heavy (non-hydrogen) atoms. The second-order valence-corrected chi connectivity index (χ2v) is 8.58. The molecule has 1 amide bonds.